The van der Waals surface area contributed by atoms with Crippen molar-refractivity contribution < 1.29 is 27.8 Å². The third kappa shape index (κ3) is 7.09. The van der Waals surface area contributed by atoms with Crippen LogP contribution in [0.3, 0.4) is 0 Å². The van der Waals surface area contributed by atoms with Crippen LogP contribution in [0, 0.1) is 0 Å². The molecule has 9 heteroatoms. The second-order valence-electron chi connectivity index (χ2n) is 9.75. The number of phenols is 1. The van der Waals surface area contributed by atoms with Gasteiger partial charge in [-0.15, -0.1) is 0 Å². The number of carbonyl (C=O) groups excluding carboxylic acids is 1. The van der Waals surface area contributed by atoms with E-state index in [1.54, 1.807) is 52.1 Å². The number of rotatable bonds is 6. The molecule has 0 saturated carbocycles. The van der Waals surface area contributed by atoms with E-state index < -0.39 is 30.5 Å². The van der Waals surface area contributed by atoms with Gasteiger partial charge in [-0.05, 0) is 81.8 Å². The van der Waals surface area contributed by atoms with Gasteiger partial charge in [0.25, 0.3) is 0 Å². The van der Waals surface area contributed by atoms with Gasteiger partial charge in [-0.1, -0.05) is 12.1 Å². The number of hydrogen-bond acceptors (Lipinski definition) is 5. The summed E-state index contributed by atoms with van der Waals surface area (Å²) in [6.45, 7) is 6.54. The number of alkyl carbamates (subject to hydrolysis) is 1. The first kappa shape index (κ1) is 25.8. The first-order valence-corrected chi connectivity index (χ1v) is 11.4. The number of fused-ring (bicyclic) bond motifs is 1. The van der Waals surface area contributed by atoms with E-state index in [0.29, 0.717) is 31.5 Å². The number of ether oxygens (including phenoxy) is 1. The highest BCUT2D eigenvalue weighted by atomic mass is 19.4. The highest BCUT2D eigenvalue weighted by molar-refractivity contribution is 5.67. The summed E-state index contributed by atoms with van der Waals surface area (Å²) < 4.78 is 45.4. The molecule has 0 fully saturated rings. The van der Waals surface area contributed by atoms with Crippen molar-refractivity contribution in [2.24, 2.45) is 0 Å². The highest BCUT2D eigenvalue weighted by Gasteiger charge is 2.41. The Hall–Kier alpha value is -2.81. The first-order valence-electron chi connectivity index (χ1n) is 11.4. The Morgan fingerprint density at radius 3 is 2.59 bits per heavy atom. The van der Waals surface area contributed by atoms with Gasteiger partial charge < -0.3 is 15.2 Å². The van der Waals surface area contributed by atoms with Crippen LogP contribution in [0.5, 0.6) is 5.75 Å². The van der Waals surface area contributed by atoms with Crippen LogP contribution in [0.4, 0.5) is 18.0 Å². The molecule has 0 spiro atoms. The number of carbonyl (C=O) groups is 1. The zero-order chi connectivity index (χ0) is 25.1. The van der Waals surface area contributed by atoms with Crippen LogP contribution in [0.1, 0.15) is 62.5 Å². The number of aromatic hydroxyl groups is 1. The van der Waals surface area contributed by atoms with Crippen LogP contribution >= 0.6 is 0 Å². The van der Waals surface area contributed by atoms with E-state index in [4.69, 9.17) is 4.74 Å². The van der Waals surface area contributed by atoms with E-state index in [9.17, 15) is 23.1 Å². The fourth-order valence-electron chi connectivity index (χ4n) is 4.23. The van der Waals surface area contributed by atoms with E-state index in [1.165, 1.54) is 11.0 Å². The number of amides is 1. The number of alkyl halides is 3. The Balaban J connectivity index is 1.72. The zero-order valence-electron chi connectivity index (χ0n) is 19.9. The SMILES string of the molecule is C[C@@H]1Cc2cc(O)ccc2[C@@H](c2ccc(CCCNC(=O)OC(C)(C)C)cn2)N1CC(F)(F)F. The van der Waals surface area contributed by atoms with Crippen molar-refractivity contribution in [2.45, 2.75) is 70.8 Å². The number of pyridine rings is 1. The molecule has 3 rings (SSSR count). The smallest absolute Gasteiger partial charge is 0.407 e. The summed E-state index contributed by atoms with van der Waals surface area (Å²) in [4.78, 5) is 17.7. The Kier molecular flexibility index (Phi) is 7.75. The molecule has 2 atom stereocenters. The van der Waals surface area contributed by atoms with Gasteiger partial charge in [0, 0.05) is 18.8 Å². The van der Waals surface area contributed by atoms with Crippen LogP contribution in [-0.2, 0) is 17.6 Å². The molecule has 0 aliphatic carbocycles. The highest BCUT2D eigenvalue weighted by Crippen LogP contribution is 2.40. The zero-order valence-corrected chi connectivity index (χ0v) is 19.9. The number of aromatic nitrogens is 1. The molecule has 34 heavy (non-hydrogen) atoms. The number of hydrogen-bond donors (Lipinski definition) is 2. The minimum absolute atomic E-state index is 0.0947. The average Bonchev–Trinajstić information content (AvgIpc) is 2.70. The summed E-state index contributed by atoms with van der Waals surface area (Å²) >= 11 is 0. The van der Waals surface area contributed by atoms with Gasteiger partial charge in [0.2, 0.25) is 0 Å². The minimum Gasteiger partial charge on any atom is -0.508 e. The van der Waals surface area contributed by atoms with Gasteiger partial charge in [0.05, 0.1) is 18.3 Å². The van der Waals surface area contributed by atoms with Gasteiger partial charge >= 0.3 is 12.3 Å². The Morgan fingerprint density at radius 1 is 1.24 bits per heavy atom. The molecule has 0 unspecified atom stereocenters. The number of nitrogens with one attached hydrogen (secondary N) is 1. The van der Waals surface area contributed by atoms with E-state index in [-0.39, 0.29) is 11.8 Å². The fourth-order valence-corrected chi connectivity index (χ4v) is 4.23. The summed E-state index contributed by atoms with van der Waals surface area (Å²) in [6.07, 6.45) is -1.40. The van der Waals surface area contributed by atoms with Crippen LogP contribution in [0.2, 0.25) is 0 Å². The maximum Gasteiger partial charge on any atom is 0.407 e. The standard InChI is InChI=1S/C25H32F3N3O3/c1-16-12-18-13-19(32)8-9-20(18)22(31(16)15-25(26,27)28)21-10-7-17(14-30-21)6-5-11-29-23(33)34-24(2,3)4/h7-10,13-14,16,22,32H,5-6,11-12,15H2,1-4H3,(H,29,33)/t16-,22+/m1/s1. The molecule has 2 N–H and O–H groups in total. The number of phenolic OH excluding ortho intramolecular Hbond substituents is 1. The normalized spacial score (nSPS) is 18.9. The van der Waals surface area contributed by atoms with Gasteiger partial charge in [-0.25, -0.2) is 4.79 Å². The van der Waals surface area contributed by atoms with E-state index in [1.807, 2.05) is 6.07 Å². The first-order chi connectivity index (χ1) is 15.8. The van der Waals surface area contributed by atoms with Crippen LogP contribution in [0.15, 0.2) is 36.5 Å². The maximum atomic E-state index is 13.4. The molecule has 1 aliphatic heterocycles. The Labute approximate surface area is 198 Å². The summed E-state index contributed by atoms with van der Waals surface area (Å²) in [5, 5.41) is 12.6. The molecule has 6 nitrogen and oxygen atoms in total. The summed E-state index contributed by atoms with van der Waals surface area (Å²) in [5.74, 6) is 0.0947. The monoisotopic (exact) mass is 479 g/mol. The van der Waals surface area contributed by atoms with E-state index in [2.05, 4.69) is 10.3 Å². The molecule has 0 bridgehead atoms. The molecule has 1 amide bonds. The molecule has 2 aromatic rings. The quantitative estimate of drug-likeness (QED) is 0.561. The van der Waals surface area contributed by atoms with Crippen molar-refractivity contribution in [1.82, 2.24) is 15.2 Å². The third-order valence-electron chi connectivity index (χ3n) is 5.63. The van der Waals surface area contributed by atoms with Crippen molar-refractivity contribution in [3.05, 3.63) is 58.9 Å². The molecule has 186 valence electrons. The summed E-state index contributed by atoms with van der Waals surface area (Å²) in [6, 6.07) is 7.39. The summed E-state index contributed by atoms with van der Waals surface area (Å²) in [7, 11) is 0. The molecular weight excluding hydrogens is 447 g/mol. The molecular formula is C25H32F3N3O3. The van der Waals surface area contributed by atoms with E-state index >= 15 is 0 Å². The fraction of sp³-hybridized carbons (Fsp3) is 0.520. The molecule has 1 aromatic carbocycles. The molecule has 0 saturated heterocycles. The maximum absolute atomic E-state index is 13.4. The summed E-state index contributed by atoms with van der Waals surface area (Å²) in [5.41, 5.74) is 2.44. The van der Waals surface area contributed by atoms with Crippen LogP contribution < -0.4 is 5.32 Å². The lowest BCUT2D eigenvalue weighted by molar-refractivity contribution is -0.155. The minimum atomic E-state index is -4.35. The molecule has 1 aromatic heterocycles. The van der Waals surface area contributed by atoms with Gasteiger partial charge in [-0.3, -0.25) is 9.88 Å². The van der Waals surface area contributed by atoms with Crippen molar-refractivity contribution in [3.8, 4) is 5.75 Å². The van der Waals surface area contributed by atoms with Crippen LogP contribution in [0.25, 0.3) is 0 Å². The molecule has 2 heterocycles. The largest absolute Gasteiger partial charge is 0.508 e. The predicted octanol–water partition coefficient (Wildman–Crippen LogP) is 5.14. The lowest BCUT2D eigenvalue weighted by Gasteiger charge is -2.42. The number of aryl methyl sites for hydroxylation is 1. The lowest BCUT2D eigenvalue weighted by Crippen LogP contribution is -2.47. The third-order valence-corrected chi connectivity index (χ3v) is 5.63. The second-order valence-corrected chi connectivity index (χ2v) is 9.75. The van der Waals surface area contributed by atoms with Gasteiger partial charge in [0.15, 0.2) is 0 Å². The van der Waals surface area contributed by atoms with Crippen LogP contribution in [-0.4, -0.2) is 52.0 Å². The van der Waals surface area contributed by atoms with Crippen molar-refractivity contribution in [1.29, 1.82) is 0 Å². The molecule has 0 radical (unpaired) electrons. The second kappa shape index (κ2) is 10.2. The van der Waals surface area contributed by atoms with E-state index in [0.717, 1.165) is 16.7 Å². The Bertz CT molecular complexity index is 988. The average molecular weight is 480 g/mol. The predicted molar refractivity (Wildman–Crippen MR) is 123 cm³/mol. The van der Waals surface area contributed by atoms with Gasteiger partial charge in [-0.2, -0.15) is 13.2 Å². The van der Waals surface area contributed by atoms with Crippen molar-refractivity contribution >= 4 is 6.09 Å². The number of nitrogens with zero attached hydrogens (tertiary/aromatic N) is 2. The van der Waals surface area contributed by atoms with Gasteiger partial charge in [0.1, 0.15) is 11.4 Å². The topological polar surface area (TPSA) is 74.7 Å². The van der Waals surface area contributed by atoms with Crippen molar-refractivity contribution in [2.75, 3.05) is 13.1 Å². The van der Waals surface area contributed by atoms with Crippen molar-refractivity contribution in [3.63, 3.8) is 0 Å². The number of benzene rings is 1. The Morgan fingerprint density at radius 2 is 1.97 bits per heavy atom. The number of halogens is 3. The lowest BCUT2D eigenvalue weighted by atomic mass is 9.86. The molecule has 1 aliphatic rings.